The minimum absolute atomic E-state index is 0.256. The fourth-order valence-electron chi connectivity index (χ4n) is 1.88. The average Bonchev–Trinajstić information content (AvgIpc) is 2.31. The third-order valence-electron chi connectivity index (χ3n) is 3.09. The van der Waals surface area contributed by atoms with E-state index in [4.69, 9.17) is 5.73 Å². The lowest BCUT2D eigenvalue weighted by atomic mass is 10.1. The van der Waals surface area contributed by atoms with Crippen LogP contribution in [0.15, 0.2) is 0 Å². The molecule has 0 radical (unpaired) electrons. The maximum Gasteiger partial charge on any atom is 0.222 e. The van der Waals surface area contributed by atoms with Crippen molar-refractivity contribution >= 4 is 5.91 Å². The molecule has 0 atom stereocenters. The standard InChI is InChI=1S/C14H30N2O/c1-16(2)14(17)12-10-8-6-4-3-5-7-9-11-13-15/h3-13,15H2,1-2H3. The van der Waals surface area contributed by atoms with Crippen molar-refractivity contribution in [1.82, 2.24) is 4.90 Å². The largest absolute Gasteiger partial charge is 0.349 e. The van der Waals surface area contributed by atoms with Crippen LogP contribution in [0.1, 0.15) is 64.2 Å². The fourth-order valence-corrected chi connectivity index (χ4v) is 1.88. The summed E-state index contributed by atoms with van der Waals surface area (Å²) < 4.78 is 0. The van der Waals surface area contributed by atoms with Crippen molar-refractivity contribution in [1.29, 1.82) is 0 Å². The van der Waals surface area contributed by atoms with Gasteiger partial charge in [-0.15, -0.1) is 0 Å². The Kier molecular flexibility index (Phi) is 11.5. The molecule has 0 spiro atoms. The highest BCUT2D eigenvalue weighted by Gasteiger charge is 2.02. The van der Waals surface area contributed by atoms with Crippen LogP contribution in [0.3, 0.4) is 0 Å². The molecule has 0 rings (SSSR count). The molecule has 0 saturated heterocycles. The van der Waals surface area contributed by atoms with Crippen LogP contribution in [-0.4, -0.2) is 31.4 Å². The number of carbonyl (C=O) groups is 1. The van der Waals surface area contributed by atoms with E-state index in [1.54, 1.807) is 4.90 Å². The predicted octanol–water partition coefficient (Wildman–Crippen LogP) is 2.93. The molecule has 0 aromatic carbocycles. The molecule has 0 unspecified atom stereocenters. The zero-order valence-electron chi connectivity index (χ0n) is 11.7. The molecule has 1 amide bonds. The number of hydrogen-bond donors (Lipinski definition) is 1. The molecule has 0 saturated carbocycles. The van der Waals surface area contributed by atoms with Gasteiger partial charge in [0.25, 0.3) is 0 Å². The molecule has 3 nitrogen and oxygen atoms in total. The Morgan fingerprint density at radius 3 is 1.65 bits per heavy atom. The first-order valence-electron chi connectivity index (χ1n) is 7.08. The van der Waals surface area contributed by atoms with E-state index >= 15 is 0 Å². The Labute approximate surface area is 107 Å². The third kappa shape index (κ3) is 11.7. The molecule has 0 bridgehead atoms. The zero-order chi connectivity index (χ0) is 12.9. The lowest BCUT2D eigenvalue weighted by Gasteiger charge is -2.09. The Hall–Kier alpha value is -0.570. The van der Waals surface area contributed by atoms with Crippen molar-refractivity contribution in [3.05, 3.63) is 0 Å². The van der Waals surface area contributed by atoms with Crippen LogP contribution in [0.5, 0.6) is 0 Å². The normalized spacial score (nSPS) is 10.5. The monoisotopic (exact) mass is 242 g/mol. The smallest absolute Gasteiger partial charge is 0.222 e. The summed E-state index contributed by atoms with van der Waals surface area (Å²) in [4.78, 5) is 13.0. The summed E-state index contributed by atoms with van der Waals surface area (Å²) in [7, 11) is 3.65. The maximum atomic E-state index is 11.3. The summed E-state index contributed by atoms with van der Waals surface area (Å²) in [5.74, 6) is 0.256. The van der Waals surface area contributed by atoms with Crippen LogP contribution in [0.2, 0.25) is 0 Å². The van der Waals surface area contributed by atoms with Gasteiger partial charge in [0.05, 0.1) is 0 Å². The first-order valence-corrected chi connectivity index (χ1v) is 7.08. The van der Waals surface area contributed by atoms with Gasteiger partial charge in [-0.25, -0.2) is 0 Å². The molecule has 0 aromatic rings. The van der Waals surface area contributed by atoms with Crippen LogP contribution in [0.25, 0.3) is 0 Å². The van der Waals surface area contributed by atoms with E-state index in [-0.39, 0.29) is 5.91 Å². The van der Waals surface area contributed by atoms with Gasteiger partial charge in [0.1, 0.15) is 0 Å². The van der Waals surface area contributed by atoms with E-state index in [0.717, 1.165) is 13.0 Å². The minimum Gasteiger partial charge on any atom is -0.349 e. The summed E-state index contributed by atoms with van der Waals surface area (Å²) in [6.07, 6.45) is 12.0. The lowest BCUT2D eigenvalue weighted by Crippen LogP contribution is -2.20. The molecular formula is C14H30N2O. The van der Waals surface area contributed by atoms with Gasteiger partial charge in [0, 0.05) is 20.5 Å². The maximum absolute atomic E-state index is 11.3. The number of carbonyl (C=O) groups excluding carboxylic acids is 1. The second kappa shape index (κ2) is 11.9. The molecule has 0 aliphatic rings. The number of unbranched alkanes of at least 4 members (excludes halogenated alkanes) is 8. The van der Waals surface area contributed by atoms with Crippen LogP contribution < -0.4 is 5.73 Å². The highest BCUT2D eigenvalue weighted by molar-refractivity contribution is 5.75. The minimum atomic E-state index is 0.256. The first kappa shape index (κ1) is 16.4. The lowest BCUT2D eigenvalue weighted by molar-refractivity contribution is -0.128. The summed E-state index contributed by atoms with van der Waals surface area (Å²) >= 11 is 0. The van der Waals surface area contributed by atoms with Crippen LogP contribution in [-0.2, 0) is 4.79 Å². The van der Waals surface area contributed by atoms with Gasteiger partial charge >= 0.3 is 0 Å². The quantitative estimate of drug-likeness (QED) is 0.566. The van der Waals surface area contributed by atoms with Crippen LogP contribution >= 0.6 is 0 Å². The first-order chi connectivity index (χ1) is 8.18. The van der Waals surface area contributed by atoms with E-state index < -0.39 is 0 Å². The highest BCUT2D eigenvalue weighted by atomic mass is 16.2. The van der Waals surface area contributed by atoms with Gasteiger partial charge in [0.15, 0.2) is 0 Å². The van der Waals surface area contributed by atoms with E-state index in [1.807, 2.05) is 14.1 Å². The molecule has 0 heterocycles. The number of rotatable bonds is 11. The Bertz CT molecular complexity index is 181. The zero-order valence-corrected chi connectivity index (χ0v) is 11.7. The van der Waals surface area contributed by atoms with Crippen molar-refractivity contribution in [2.45, 2.75) is 64.2 Å². The van der Waals surface area contributed by atoms with Crippen molar-refractivity contribution in [3.8, 4) is 0 Å². The fraction of sp³-hybridized carbons (Fsp3) is 0.929. The van der Waals surface area contributed by atoms with Crippen molar-refractivity contribution in [2.24, 2.45) is 5.73 Å². The van der Waals surface area contributed by atoms with E-state index in [1.165, 1.54) is 51.4 Å². The predicted molar refractivity (Wildman–Crippen MR) is 73.9 cm³/mol. The SMILES string of the molecule is CN(C)C(=O)CCCCCCCCCCCN. The topological polar surface area (TPSA) is 46.3 Å². The second-order valence-corrected chi connectivity index (χ2v) is 5.01. The Morgan fingerprint density at radius 1 is 0.824 bits per heavy atom. The molecule has 17 heavy (non-hydrogen) atoms. The van der Waals surface area contributed by atoms with Crippen molar-refractivity contribution in [3.63, 3.8) is 0 Å². The third-order valence-corrected chi connectivity index (χ3v) is 3.09. The summed E-state index contributed by atoms with van der Waals surface area (Å²) in [5.41, 5.74) is 5.44. The van der Waals surface area contributed by atoms with Gasteiger partial charge in [0.2, 0.25) is 5.91 Å². The highest BCUT2D eigenvalue weighted by Crippen LogP contribution is 2.10. The Balaban J connectivity index is 3.06. The second-order valence-electron chi connectivity index (χ2n) is 5.01. The number of hydrogen-bond acceptors (Lipinski definition) is 2. The molecule has 0 aliphatic heterocycles. The molecule has 0 aromatic heterocycles. The number of nitrogens with two attached hydrogens (primary N) is 1. The number of amides is 1. The number of nitrogens with zero attached hydrogens (tertiary/aromatic N) is 1. The Morgan fingerprint density at radius 2 is 1.24 bits per heavy atom. The van der Waals surface area contributed by atoms with Gasteiger partial charge < -0.3 is 10.6 Å². The van der Waals surface area contributed by atoms with Gasteiger partial charge in [-0.05, 0) is 19.4 Å². The van der Waals surface area contributed by atoms with Crippen molar-refractivity contribution < 1.29 is 4.79 Å². The van der Waals surface area contributed by atoms with E-state index in [9.17, 15) is 4.79 Å². The summed E-state index contributed by atoms with van der Waals surface area (Å²) in [6, 6.07) is 0. The summed E-state index contributed by atoms with van der Waals surface area (Å²) in [5, 5.41) is 0. The van der Waals surface area contributed by atoms with Gasteiger partial charge in [-0.3, -0.25) is 4.79 Å². The molecular weight excluding hydrogens is 212 g/mol. The molecule has 0 fully saturated rings. The summed E-state index contributed by atoms with van der Waals surface area (Å²) in [6.45, 7) is 0.833. The van der Waals surface area contributed by atoms with Crippen molar-refractivity contribution in [2.75, 3.05) is 20.6 Å². The molecule has 3 heteroatoms. The van der Waals surface area contributed by atoms with Gasteiger partial charge in [-0.2, -0.15) is 0 Å². The van der Waals surface area contributed by atoms with Crippen LogP contribution in [0, 0.1) is 0 Å². The van der Waals surface area contributed by atoms with Crippen LogP contribution in [0.4, 0.5) is 0 Å². The van der Waals surface area contributed by atoms with E-state index in [2.05, 4.69) is 0 Å². The average molecular weight is 242 g/mol. The molecule has 2 N–H and O–H groups in total. The molecule has 0 aliphatic carbocycles. The van der Waals surface area contributed by atoms with Gasteiger partial charge in [-0.1, -0.05) is 44.9 Å². The van der Waals surface area contributed by atoms with E-state index in [0.29, 0.717) is 6.42 Å². The molecule has 102 valence electrons.